The van der Waals surface area contributed by atoms with Gasteiger partial charge in [0.15, 0.2) is 12.0 Å². The second-order valence-electron chi connectivity index (χ2n) is 7.07. The molecule has 2 aromatic rings. The van der Waals surface area contributed by atoms with Gasteiger partial charge in [0.25, 0.3) is 0 Å². The summed E-state index contributed by atoms with van der Waals surface area (Å²) in [5.74, 6) is -1.05. The third-order valence-electron chi connectivity index (χ3n) is 4.04. The summed E-state index contributed by atoms with van der Waals surface area (Å²) in [5, 5.41) is 14.2. The van der Waals surface area contributed by atoms with E-state index in [1.807, 2.05) is 26.8 Å². The first kappa shape index (κ1) is 17.3. The van der Waals surface area contributed by atoms with Crippen molar-refractivity contribution in [2.45, 2.75) is 45.4 Å². The van der Waals surface area contributed by atoms with Gasteiger partial charge in [-0.3, -0.25) is 4.98 Å². The molecule has 2 aromatic heterocycles. The lowest BCUT2D eigenvalue weighted by Gasteiger charge is -2.26. The first-order valence-corrected chi connectivity index (χ1v) is 8.06. The highest BCUT2D eigenvalue weighted by Crippen LogP contribution is 2.35. The van der Waals surface area contributed by atoms with E-state index in [2.05, 4.69) is 16.7 Å². The molecular formula is C18H19FN4O2. The fraction of sp³-hybridized carbons (Fsp3) is 0.389. The van der Waals surface area contributed by atoms with Crippen molar-refractivity contribution in [3.8, 4) is 0 Å². The molecule has 130 valence electrons. The van der Waals surface area contributed by atoms with Gasteiger partial charge in [0.1, 0.15) is 5.69 Å². The number of aryl methyl sites for hydroxylation is 1. The summed E-state index contributed by atoms with van der Waals surface area (Å²) < 4.78 is 13.6. The summed E-state index contributed by atoms with van der Waals surface area (Å²) in [7, 11) is 0. The molecule has 0 aliphatic heterocycles. The maximum Gasteiger partial charge on any atom is 0.387 e. The predicted octanol–water partition coefficient (Wildman–Crippen LogP) is 4.13. The van der Waals surface area contributed by atoms with Crippen LogP contribution in [0.15, 0.2) is 18.3 Å². The summed E-state index contributed by atoms with van der Waals surface area (Å²) in [6.07, 6.45) is 6.50. The van der Waals surface area contributed by atoms with Crippen LogP contribution in [-0.4, -0.2) is 14.9 Å². The zero-order chi connectivity index (χ0) is 18.2. The van der Waals surface area contributed by atoms with Crippen molar-refractivity contribution in [1.82, 2.24) is 9.97 Å². The Labute approximate surface area is 145 Å². The number of nitro groups is 1. The fourth-order valence-corrected chi connectivity index (χ4v) is 2.87. The molecule has 1 aliphatic carbocycles. The Morgan fingerprint density at radius 3 is 2.76 bits per heavy atom. The molecule has 2 radical (unpaired) electrons. The Bertz CT molecular complexity index is 831. The smallest absolute Gasteiger partial charge is 0.358 e. The van der Waals surface area contributed by atoms with Gasteiger partial charge in [-0.05, 0) is 47.2 Å². The Balaban J connectivity index is 2.11. The van der Waals surface area contributed by atoms with Crippen LogP contribution < -0.4 is 5.32 Å². The molecule has 1 N–H and O–H groups in total. The number of hydrogen-bond acceptors (Lipinski definition) is 5. The fourth-order valence-electron chi connectivity index (χ4n) is 2.87. The van der Waals surface area contributed by atoms with Crippen LogP contribution in [0.5, 0.6) is 0 Å². The molecule has 0 bridgehead atoms. The highest BCUT2D eigenvalue weighted by atomic mass is 19.1. The zero-order valence-electron chi connectivity index (χ0n) is 14.4. The number of halogens is 1. The number of aromatic nitrogens is 2. The first-order valence-electron chi connectivity index (χ1n) is 8.06. The van der Waals surface area contributed by atoms with Crippen molar-refractivity contribution in [1.29, 1.82) is 0 Å². The highest BCUT2D eigenvalue weighted by Gasteiger charge is 2.26. The van der Waals surface area contributed by atoms with Crippen molar-refractivity contribution in [2.24, 2.45) is 0 Å². The molecule has 25 heavy (non-hydrogen) atoms. The van der Waals surface area contributed by atoms with Crippen molar-refractivity contribution in [3.63, 3.8) is 0 Å². The van der Waals surface area contributed by atoms with Crippen molar-refractivity contribution >= 4 is 17.2 Å². The van der Waals surface area contributed by atoms with E-state index in [1.165, 1.54) is 0 Å². The van der Waals surface area contributed by atoms with Gasteiger partial charge in [-0.15, -0.1) is 0 Å². The highest BCUT2D eigenvalue weighted by molar-refractivity contribution is 5.70. The maximum absolute atomic E-state index is 13.6. The SMILES string of the molecule is CC(C)(C)c1nc2c(cc1Nc1cc(F)cnc1[N+](=O)[O-])CC[C]C2. The zero-order valence-corrected chi connectivity index (χ0v) is 14.4. The molecule has 2 heterocycles. The number of pyridine rings is 2. The van der Waals surface area contributed by atoms with Crippen molar-refractivity contribution in [2.75, 3.05) is 5.32 Å². The second kappa shape index (κ2) is 6.38. The minimum Gasteiger partial charge on any atom is -0.358 e. The third kappa shape index (κ3) is 3.60. The van der Waals surface area contributed by atoms with Crippen LogP contribution in [0.3, 0.4) is 0 Å². The average Bonchev–Trinajstić information content (AvgIpc) is 2.53. The van der Waals surface area contributed by atoms with Crippen molar-refractivity contribution in [3.05, 3.63) is 57.6 Å². The molecule has 0 atom stereocenters. The Morgan fingerprint density at radius 1 is 1.32 bits per heavy atom. The van der Waals surface area contributed by atoms with E-state index in [4.69, 9.17) is 4.98 Å². The quantitative estimate of drug-likeness (QED) is 0.670. The molecule has 0 amide bonds. The molecular weight excluding hydrogens is 323 g/mol. The van der Waals surface area contributed by atoms with Crippen LogP contribution in [0.25, 0.3) is 0 Å². The molecule has 6 nitrogen and oxygen atoms in total. The molecule has 0 aromatic carbocycles. The summed E-state index contributed by atoms with van der Waals surface area (Å²) in [5.41, 5.74) is 3.21. The third-order valence-corrected chi connectivity index (χ3v) is 4.04. The van der Waals surface area contributed by atoms with Crippen LogP contribution in [0.4, 0.5) is 21.6 Å². The lowest BCUT2D eigenvalue weighted by atomic mass is 9.87. The maximum atomic E-state index is 13.6. The van der Waals surface area contributed by atoms with E-state index in [0.29, 0.717) is 12.1 Å². The molecule has 3 rings (SSSR count). The first-order chi connectivity index (χ1) is 11.8. The van der Waals surface area contributed by atoms with Gasteiger partial charge in [0, 0.05) is 17.2 Å². The minimum atomic E-state index is -0.638. The molecule has 7 heteroatoms. The molecule has 1 aliphatic rings. The molecule has 0 saturated carbocycles. The number of rotatable bonds is 3. The number of anilines is 2. The average molecular weight is 342 g/mol. The van der Waals surface area contributed by atoms with Gasteiger partial charge in [-0.25, -0.2) is 4.39 Å². The second-order valence-corrected chi connectivity index (χ2v) is 7.07. The number of nitrogens with zero attached hydrogens (tertiary/aromatic N) is 3. The predicted molar refractivity (Wildman–Crippen MR) is 92.3 cm³/mol. The molecule has 0 unspecified atom stereocenters. The Kier molecular flexibility index (Phi) is 4.41. The van der Waals surface area contributed by atoms with E-state index in [0.717, 1.165) is 42.1 Å². The number of hydrogen-bond donors (Lipinski definition) is 1. The van der Waals surface area contributed by atoms with Crippen LogP contribution in [-0.2, 0) is 18.3 Å². The van der Waals surface area contributed by atoms with Crippen LogP contribution in [0, 0.1) is 22.4 Å². The van der Waals surface area contributed by atoms with Crippen LogP contribution in [0.1, 0.15) is 44.1 Å². The van der Waals surface area contributed by atoms with E-state index in [9.17, 15) is 14.5 Å². The minimum absolute atomic E-state index is 0.0196. The standard InChI is InChI=1S/C18H19FN4O2/c1-18(2,3)16-14(8-11-6-4-5-7-13(11)22-16)21-15-9-12(19)10-20-17(15)23(24)25/h8-10,21H,4,6-7H2,1-3H3. The van der Waals surface area contributed by atoms with Crippen LogP contribution in [0.2, 0.25) is 0 Å². The van der Waals surface area contributed by atoms with E-state index >= 15 is 0 Å². The van der Waals surface area contributed by atoms with E-state index in [1.54, 1.807) is 0 Å². The van der Waals surface area contributed by atoms with Crippen molar-refractivity contribution < 1.29 is 9.31 Å². The lowest BCUT2D eigenvalue weighted by Crippen LogP contribution is -2.20. The molecule has 0 spiro atoms. The van der Waals surface area contributed by atoms with Gasteiger partial charge >= 0.3 is 5.82 Å². The van der Waals surface area contributed by atoms with Gasteiger partial charge in [0.05, 0.1) is 11.4 Å². The monoisotopic (exact) mass is 342 g/mol. The van der Waals surface area contributed by atoms with E-state index in [-0.39, 0.29) is 11.1 Å². The van der Waals surface area contributed by atoms with Gasteiger partial charge < -0.3 is 15.4 Å². The van der Waals surface area contributed by atoms with Gasteiger partial charge in [0.2, 0.25) is 0 Å². The molecule has 0 saturated heterocycles. The summed E-state index contributed by atoms with van der Waals surface area (Å²) in [6, 6.07) is 3.04. The van der Waals surface area contributed by atoms with Gasteiger partial charge in [-0.2, -0.15) is 0 Å². The summed E-state index contributed by atoms with van der Waals surface area (Å²) in [6.45, 7) is 6.05. The van der Waals surface area contributed by atoms with Gasteiger partial charge in [-0.1, -0.05) is 20.8 Å². The topological polar surface area (TPSA) is 81.0 Å². The van der Waals surface area contributed by atoms with E-state index < -0.39 is 16.6 Å². The summed E-state index contributed by atoms with van der Waals surface area (Å²) >= 11 is 0. The molecule has 0 fully saturated rings. The number of fused-ring (bicyclic) bond motifs is 1. The van der Waals surface area contributed by atoms with Crippen LogP contribution >= 0.6 is 0 Å². The lowest BCUT2D eigenvalue weighted by molar-refractivity contribution is -0.388. The summed E-state index contributed by atoms with van der Waals surface area (Å²) in [4.78, 5) is 18.9. The largest absolute Gasteiger partial charge is 0.387 e. The Morgan fingerprint density at radius 2 is 2.08 bits per heavy atom. The Hall–Kier alpha value is -2.57. The normalized spacial score (nSPS) is 14.1. The number of nitrogens with one attached hydrogen (secondary N) is 1.